The van der Waals surface area contributed by atoms with Gasteiger partial charge in [0.05, 0.1) is 22.4 Å². The van der Waals surface area contributed by atoms with Crippen LogP contribution in [0.25, 0.3) is 0 Å². The maximum atomic E-state index is 13.3. The van der Waals surface area contributed by atoms with Crippen LogP contribution in [-0.4, -0.2) is 37.8 Å². The van der Waals surface area contributed by atoms with Gasteiger partial charge in [0, 0.05) is 19.1 Å². The molecule has 0 aromatic heterocycles. The van der Waals surface area contributed by atoms with Crippen LogP contribution in [0.1, 0.15) is 50.5 Å². The predicted molar refractivity (Wildman–Crippen MR) is 97.7 cm³/mol. The van der Waals surface area contributed by atoms with Crippen molar-refractivity contribution in [2.45, 2.75) is 55.9 Å². The molecule has 1 N–H and O–H groups in total. The van der Waals surface area contributed by atoms with E-state index in [0.29, 0.717) is 25.1 Å². The Hall–Kier alpha value is -1.91. The molecule has 0 spiro atoms. The molecule has 1 aliphatic heterocycles. The van der Waals surface area contributed by atoms with Gasteiger partial charge < -0.3 is 5.32 Å². The fourth-order valence-electron chi connectivity index (χ4n) is 3.98. The molecule has 1 aromatic carbocycles. The zero-order valence-corrected chi connectivity index (χ0v) is 15.7. The van der Waals surface area contributed by atoms with Gasteiger partial charge in [0.15, 0.2) is 0 Å². The van der Waals surface area contributed by atoms with Gasteiger partial charge in [-0.3, -0.25) is 4.79 Å². The normalized spacial score (nSPS) is 25.6. The molecule has 2 atom stereocenters. The van der Waals surface area contributed by atoms with Crippen LogP contribution in [0.2, 0.25) is 0 Å². The number of nitrogens with zero attached hydrogens (tertiary/aromatic N) is 2. The van der Waals surface area contributed by atoms with Crippen LogP contribution in [0.3, 0.4) is 0 Å². The van der Waals surface area contributed by atoms with Crippen molar-refractivity contribution >= 4 is 15.9 Å². The summed E-state index contributed by atoms with van der Waals surface area (Å²) >= 11 is 0. The molecule has 1 saturated heterocycles. The molecule has 6 nitrogen and oxygen atoms in total. The molecule has 0 bridgehead atoms. The number of sulfonamides is 1. The van der Waals surface area contributed by atoms with Crippen LogP contribution in [0.5, 0.6) is 0 Å². The maximum Gasteiger partial charge on any atom is 0.243 e. The smallest absolute Gasteiger partial charge is 0.243 e. The summed E-state index contributed by atoms with van der Waals surface area (Å²) in [5.74, 6) is -0.296. The van der Waals surface area contributed by atoms with E-state index in [9.17, 15) is 13.2 Å². The second-order valence-electron chi connectivity index (χ2n) is 7.06. The predicted octanol–water partition coefficient (Wildman–Crippen LogP) is 2.41. The first-order chi connectivity index (χ1) is 12.5. The van der Waals surface area contributed by atoms with Crippen molar-refractivity contribution in [3.05, 3.63) is 29.8 Å². The van der Waals surface area contributed by atoms with E-state index in [1.165, 1.54) is 24.3 Å². The van der Waals surface area contributed by atoms with Crippen molar-refractivity contribution in [2.75, 3.05) is 13.1 Å². The van der Waals surface area contributed by atoms with E-state index >= 15 is 0 Å². The number of fused-ring (bicyclic) bond motifs is 1. The lowest BCUT2D eigenvalue weighted by atomic mass is 10.0. The Kier molecular flexibility index (Phi) is 5.94. The average molecular weight is 375 g/mol. The van der Waals surface area contributed by atoms with Crippen molar-refractivity contribution in [1.29, 1.82) is 5.26 Å². The van der Waals surface area contributed by atoms with E-state index in [0.717, 1.165) is 38.5 Å². The number of nitrogens with one attached hydrogen (secondary N) is 1. The fraction of sp³-hybridized carbons (Fsp3) is 0.579. The van der Waals surface area contributed by atoms with Crippen LogP contribution in [0, 0.1) is 17.2 Å². The van der Waals surface area contributed by atoms with Crippen LogP contribution >= 0.6 is 0 Å². The molecule has 1 aliphatic carbocycles. The lowest BCUT2D eigenvalue weighted by molar-refractivity contribution is -0.125. The highest BCUT2D eigenvalue weighted by atomic mass is 32.2. The van der Waals surface area contributed by atoms with E-state index in [-0.39, 0.29) is 22.8 Å². The van der Waals surface area contributed by atoms with E-state index in [4.69, 9.17) is 5.26 Å². The molecule has 1 heterocycles. The summed E-state index contributed by atoms with van der Waals surface area (Å²) in [5.41, 5.74) is 0.430. The Morgan fingerprint density at radius 3 is 2.50 bits per heavy atom. The molecular weight excluding hydrogens is 350 g/mol. The van der Waals surface area contributed by atoms with Gasteiger partial charge in [-0.05, 0) is 49.9 Å². The van der Waals surface area contributed by atoms with E-state index in [1.54, 1.807) is 4.31 Å². The summed E-state index contributed by atoms with van der Waals surface area (Å²) in [7, 11) is -3.70. The van der Waals surface area contributed by atoms with E-state index in [1.807, 2.05) is 6.07 Å². The van der Waals surface area contributed by atoms with Crippen molar-refractivity contribution in [2.24, 2.45) is 5.92 Å². The Morgan fingerprint density at radius 2 is 1.77 bits per heavy atom. The molecule has 7 heteroatoms. The number of carbonyl (C=O) groups excluding carboxylic acids is 1. The molecule has 2 aliphatic rings. The standard InChI is InChI=1S/C19H25N3O3S/c20-14-15-8-10-16(11-9-15)26(24,25)22-13-4-2-1-3-12-21-19(23)17-6-5-7-18(17)22/h8-11,17-18H,1-7,12-13H2,(H,21,23)/t17-,18+/m1/s1. The number of hydrogen-bond donors (Lipinski definition) is 1. The Balaban J connectivity index is 1.94. The van der Waals surface area contributed by atoms with Crippen LogP contribution in [0.4, 0.5) is 0 Å². The molecular formula is C19H25N3O3S. The van der Waals surface area contributed by atoms with Gasteiger partial charge in [0.25, 0.3) is 0 Å². The minimum absolute atomic E-state index is 0.0190. The highest BCUT2D eigenvalue weighted by Gasteiger charge is 2.41. The Labute approximate surface area is 155 Å². The van der Waals surface area contributed by atoms with E-state index < -0.39 is 10.0 Å². The van der Waals surface area contributed by atoms with Gasteiger partial charge in [-0.2, -0.15) is 9.57 Å². The van der Waals surface area contributed by atoms with Gasteiger partial charge >= 0.3 is 0 Å². The number of rotatable bonds is 2. The molecule has 0 unspecified atom stereocenters. The summed E-state index contributed by atoms with van der Waals surface area (Å²) in [6.45, 7) is 1.11. The lowest BCUT2D eigenvalue weighted by Gasteiger charge is -2.31. The third-order valence-corrected chi connectivity index (χ3v) is 7.32. The number of hydrogen-bond acceptors (Lipinski definition) is 4. The first kappa shape index (κ1) is 18.9. The van der Waals surface area contributed by atoms with Gasteiger partial charge in [-0.15, -0.1) is 0 Å². The quantitative estimate of drug-likeness (QED) is 0.859. The van der Waals surface area contributed by atoms with Crippen molar-refractivity contribution in [1.82, 2.24) is 9.62 Å². The summed E-state index contributed by atoms with van der Waals surface area (Å²) in [6, 6.07) is 7.75. The van der Waals surface area contributed by atoms with Gasteiger partial charge in [0.1, 0.15) is 0 Å². The molecule has 26 heavy (non-hydrogen) atoms. The van der Waals surface area contributed by atoms with Crippen LogP contribution in [0.15, 0.2) is 29.2 Å². The van der Waals surface area contributed by atoms with Crippen molar-refractivity contribution in [3.8, 4) is 6.07 Å². The van der Waals surface area contributed by atoms with Gasteiger partial charge in [-0.25, -0.2) is 8.42 Å². The largest absolute Gasteiger partial charge is 0.356 e. The highest BCUT2D eigenvalue weighted by Crippen LogP contribution is 2.34. The highest BCUT2D eigenvalue weighted by molar-refractivity contribution is 7.89. The summed E-state index contributed by atoms with van der Waals surface area (Å²) in [6.07, 6.45) is 5.98. The second kappa shape index (κ2) is 8.19. The third kappa shape index (κ3) is 3.92. The Bertz CT molecular complexity index is 783. The molecule has 1 amide bonds. The summed E-state index contributed by atoms with van der Waals surface area (Å²) < 4.78 is 28.1. The molecule has 3 rings (SSSR count). The number of carbonyl (C=O) groups is 1. The maximum absolute atomic E-state index is 13.3. The minimum Gasteiger partial charge on any atom is -0.356 e. The summed E-state index contributed by atoms with van der Waals surface area (Å²) in [4.78, 5) is 12.7. The first-order valence-corrected chi connectivity index (χ1v) is 10.8. The van der Waals surface area contributed by atoms with Crippen molar-refractivity contribution < 1.29 is 13.2 Å². The average Bonchev–Trinajstić information content (AvgIpc) is 3.11. The second-order valence-corrected chi connectivity index (χ2v) is 8.95. The molecule has 2 fully saturated rings. The topological polar surface area (TPSA) is 90.3 Å². The van der Waals surface area contributed by atoms with E-state index in [2.05, 4.69) is 5.32 Å². The number of amides is 1. The molecule has 0 radical (unpaired) electrons. The molecule has 1 aromatic rings. The molecule has 1 saturated carbocycles. The van der Waals surface area contributed by atoms with Gasteiger partial charge in [-0.1, -0.05) is 19.3 Å². The fourth-order valence-corrected chi connectivity index (χ4v) is 5.71. The first-order valence-electron chi connectivity index (χ1n) is 9.34. The molecule has 140 valence electrons. The number of benzene rings is 1. The Morgan fingerprint density at radius 1 is 1.04 bits per heavy atom. The SMILES string of the molecule is N#Cc1ccc(S(=O)(=O)N2CCCCCCNC(=O)[C@@H]3CCC[C@@H]32)cc1. The van der Waals surface area contributed by atoms with Crippen molar-refractivity contribution in [3.63, 3.8) is 0 Å². The minimum atomic E-state index is -3.70. The number of nitriles is 1. The third-order valence-electron chi connectivity index (χ3n) is 5.38. The monoisotopic (exact) mass is 375 g/mol. The lowest BCUT2D eigenvalue weighted by Crippen LogP contribution is -2.47. The zero-order chi connectivity index (χ0) is 18.6. The summed E-state index contributed by atoms with van der Waals surface area (Å²) in [5, 5.41) is 11.9. The van der Waals surface area contributed by atoms with Gasteiger partial charge in [0.2, 0.25) is 15.9 Å². The van der Waals surface area contributed by atoms with Crippen LogP contribution in [-0.2, 0) is 14.8 Å². The van der Waals surface area contributed by atoms with Crippen LogP contribution < -0.4 is 5.32 Å². The zero-order valence-electron chi connectivity index (χ0n) is 14.9.